The van der Waals surface area contributed by atoms with Crippen molar-refractivity contribution in [3.8, 4) is 0 Å². The van der Waals surface area contributed by atoms with E-state index in [9.17, 15) is 0 Å². The molecule has 0 aliphatic carbocycles. The largest absolute Gasteiger partial charge is 0.377 e. The minimum Gasteiger partial charge on any atom is -0.377 e. The fourth-order valence-corrected chi connectivity index (χ4v) is 2.80. The number of nitrogens with zero attached hydrogens (tertiary/aromatic N) is 2. The van der Waals surface area contributed by atoms with Gasteiger partial charge in [-0.1, -0.05) is 0 Å². The summed E-state index contributed by atoms with van der Waals surface area (Å²) >= 11 is 0. The summed E-state index contributed by atoms with van der Waals surface area (Å²) in [4.78, 5) is 6.74. The van der Waals surface area contributed by atoms with Crippen molar-refractivity contribution in [3.63, 3.8) is 0 Å². The van der Waals surface area contributed by atoms with Crippen molar-refractivity contribution in [2.24, 2.45) is 0 Å². The number of nitrogens with one attached hydrogen (secondary N) is 1. The second-order valence-corrected chi connectivity index (χ2v) is 7.29. The van der Waals surface area contributed by atoms with Crippen LogP contribution in [-0.4, -0.2) is 36.3 Å². The molecule has 1 unspecified atom stereocenters. The molecule has 4 heteroatoms. The van der Waals surface area contributed by atoms with Crippen LogP contribution < -0.4 is 10.2 Å². The summed E-state index contributed by atoms with van der Waals surface area (Å²) in [7, 11) is 1.82. The van der Waals surface area contributed by atoms with E-state index in [1.165, 1.54) is 17.7 Å². The lowest BCUT2D eigenvalue weighted by Crippen LogP contribution is -2.48. The number of rotatable bonds is 4. The Morgan fingerprint density at radius 1 is 1.43 bits per heavy atom. The molecule has 2 heterocycles. The normalized spacial score (nSPS) is 23.4. The summed E-state index contributed by atoms with van der Waals surface area (Å²) in [6.07, 6.45) is 6.15. The van der Waals surface area contributed by atoms with E-state index < -0.39 is 0 Å². The molecule has 4 nitrogen and oxygen atoms in total. The summed E-state index contributed by atoms with van der Waals surface area (Å²) in [6.45, 7) is 11.6. The fourth-order valence-electron chi connectivity index (χ4n) is 2.80. The molecule has 0 spiro atoms. The second kappa shape index (κ2) is 6.32. The van der Waals surface area contributed by atoms with E-state index in [0.717, 1.165) is 26.1 Å². The van der Waals surface area contributed by atoms with Crippen molar-refractivity contribution in [1.82, 2.24) is 10.3 Å². The lowest BCUT2D eigenvalue weighted by molar-refractivity contribution is -0.00469. The topological polar surface area (TPSA) is 37.4 Å². The highest BCUT2D eigenvalue weighted by Gasteiger charge is 2.31. The van der Waals surface area contributed by atoms with Gasteiger partial charge in [-0.2, -0.15) is 0 Å². The SMILES string of the molecule is COC1(C)CCCN(c2ccncc2CNC(C)(C)C)C1. The van der Waals surface area contributed by atoms with Gasteiger partial charge >= 0.3 is 0 Å². The van der Waals surface area contributed by atoms with Crippen LogP contribution >= 0.6 is 0 Å². The van der Waals surface area contributed by atoms with E-state index in [1.807, 2.05) is 19.5 Å². The quantitative estimate of drug-likeness (QED) is 0.925. The molecule has 21 heavy (non-hydrogen) atoms. The molecule has 0 saturated carbocycles. The molecule has 2 rings (SSSR count). The number of hydrogen-bond donors (Lipinski definition) is 1. The van der Waals surface area contributed by atoms with E-state index >= 15 is 0 Å². The summed E-state index contributed by atoms with van der Waals surface area (Å²) in [5, 5.41) is 3.55. The Balaban J connectivity index is 2.15. The van der Waals surface area contributed by atoms with Crippen LogP contribution in [0.25, 0.3) is 0 Å². The van der Waals surface area contributed by atoms with Crippen LogP contribution in [0.5, 0.6) is 0 Å². The van der Waals surface area contributed by atoms with Crippen LogP contribution in [0.4, 0.5) is 5.69 Å². The number of anilines is 1. The maximum atomic E-state index is 5.71. The van der Waals surface area contributed by atoms with Gasteiger partial charge in [-0.3, -0.25) is 4.98 Å². The molecule has 0 amide bonds. The third-order valence-electron chi connectivity index (χ3n) is 4.18. The Labute approximate surface area is 128 Å². The molecule has 1 N–H and O–H groups in total. The van der Waals surface area contributed by atoms with Gasteiger partial charge in [-0.15, -0.1) is 0 Å². The van der Waals surface area contributed by atoms with E-state index in [4.69, 9.17) is 4.74 Å². The van der Waals surface area contributed by atoms with Gasteiger partial charge in [0.2, 0.25) is 0 Å². The number of ether oxygens (including phenoxy) is 1. The Bertz CT molecular complexity index is 469. The first-order chi connectivity index (χ1) is 9.83. The highest BCUT2D eigenvalue weighted by Crippen LogP contribution is 2.29. The lowest BCUT2D eigenvalue weighted by Gasteiger charge is -2.41. The maximum absolute atomic E-state index is 5.71. The molecule has 1 aliphatic heterocycles. The number of hydrogen-bond acceptors (Lipinski definition) is 4. The lowest BCUT2D eigenvalue weighted by atomic mass is 9.94. The van der Waals surface area contributed by atoms with E-state index in [1.54, 1.807) is 0 Å². The summed E-state index contributed by atoms with van der Waals surface area (Å²) in [6, 6.07) is 2.13. The van der Waals surface area contributed by atoms with Crippen molar-refractivity contribution in [2.75, 3.05) is 25.1 Å². The minimum absolute atomic E-state index is 0.0454. The molecule has 0 radical (unpaired) electrons. The molecule has 1 aromatic heterocycles. The average molecular weight is 291 g/mol. The molecule has 1 fully saturated rings. The standard InChI is InChI=1S/C17H29N3O/c1-16(2,3)19-12-14-11-18-9-7-15(14)20-10-6-8-17(4,13-20)21-5/h7,9,11,19H,6,8,10,12-13H2,1-5H3. The first-order valence-electron chi connectivity index (χ1n) is 7.81. The van der Waals surface area contributed by atoms with Gasteiger partial charge in [0.05, 0.1) is 5.60 Å². The molecule has 1 aromatic rings. The van der Waals surface area contributed by atoms with Crippen LogP contribution in [0.2, 0.25) is 0 Å². The van der Waals surface area contributed by atoms with Crippen molar-refractivity contribution in [3.05, 3.63) is 24.0 Å². The number of methoxy groups -OCH3 is 1. The van der Waals surface area contributed by atoms with E-state index in [0.29, 0.717) is 0 Å². The molecule has 0 bridgehead atoms. The van der Waals surface area contributed by atoms with Gasteiger partial charge in [0.25, 0.3) is 0 Å². The van der Waals surface area contributed by atoms with Crippen LogP contribution in [-0.2, 0) is 11.3 Å². The Morgan fingerprint density at radius 3 is 2.86 bits per heavy atom. The number of piperidine rings is 1. The zero-order valence-corrected chi connectivity index (χ0v) is 14.1. The zero-order chi connectivity index (χ0) is 15.5. The molecular formula is C17H29N3O. The Hall–Kier alpha value is -1.13. The Kier molecular flexibility index (Phi) is 4.89. The monoisotopic (exact) mass is 291 g/mol. The maximum Gasteiger partial charge on any atom is 0.0825 e. The molecule has 1 aliphatic rings. The highest BCUT2D eigenvalue weighted by molar-refractivity contribution is 5.53. The van der Waals surface area contributed by atoms with Gasteiger partial charge in [-0.05, 0) is 46.6 Å². The van der Waals surface area contributed by atoms with E-state index in [-0.39, 0.29) is 11.1 Å². The Morgan fingerprint density at radius 2 is 2.19 bits per heavy atom. The summed E-state index contributed by atoms with van der Waals surface area (Å²) in [5.74, 6) is 0. The zero-order valence-electron chi connectivity index (χ0n) is 14.1. The number of pyridine rings is 1. The molecular weight excluding hydrogens is 262 g/mol. The molecule has 118 valence electrons. The smallest absolute Gasteiger partial charge is 0.0825 e. The second-order valence-electron chi connectivity index (χ2n) is 7.29. The van der Waals surface area contributed by atoms with Gasteiger partial charge in [0, 0.05) is 55.9 Å². The summed E-state index contributed by atoms with van der Waals surface area (Å²) in [5.41, 5.74) is 2.60. The predicted octanol–water partition coefficient (Wildman–Crippen LogP) is 2.98. The number of aromatic nitrogens is 1. The highest BCUT2D eigenvalue weighted by atomic mass is 16.5. The van der Waals surface area contributed by atoms with Crippen LogP contribution in [0.15, 0.2) is 18.5 Å². The van der Waals surface area contributed by atoms with Crippen LogP contribution in [0.3, 0.4) is 0 Å². The van der Waals surface area contributed by atoms with Crippen molar-refractivity contribution in [2.45, 2.75) is 58.2 Å². The molecule has 1 atom stereocenters. The fraction of sp³-hybridized carbons (Fsp3) is 0.706. The molecule has 1 saturated heterocycles. The van der Waals surface area contributed by atoms with Gasteiger partial charge in [0.1, 0.15) is 0 Å². The first kappa shape index (κ1) is 16.2. The predicted molar refractivity (Wildman–Crippen MR) is 87.7 cm³/mol. The minimum atomic E-state index is -0.0454. The first-order valence-corrected chi connectivity index (χ1v) is 7.81. The third-order valence-corrected chi connectivity index (χ3v) is 4.18. The third kappa shape index (κ3) is 4.42. The van der Waals surface area contributed by atoms with Crippen molar-refractivity contribution < 1.29 is 4.74 Å². The van der Waals surface area contributed by atoms with Crippen LogP contribution in [0.1, 0.15) is 46.1 Å². The van der Waals surface area contributed by atoms with Crippen LogP contribution in [0, 0.1) is 0 Å². The molecule has 0 aromatic carbocycles. The summed E-state index contributed by atoms with van der Waals surface area (Å²) < 4.78 is 5.71. The average Bonchev–Trinajstić information content (AvgIpc) is 2.45. The van der Waals surface area contributed by atoms with Gasteiger partial charge in [-0.25, -0.2) is 0 Å². The van der Waals surface area contributed by atoms with Gasteiger partial charge in [0.15, 0.2) is 0 Å². The van der Waals surface area contributed by atoms with Gasteiger partial charge < -0.3 is 15.0 Å². The van der Waals surface area contributed by atoms with Crippen molar-refractivity contribution >= 4 is 5.69 Å². The van der Waals surface area contributed by atoms with E-state index in [2.05, 4.69) is 49.0 Å². The van der Waals surface area contributed by atoms with Crippen molar-refractivity contribution in [1.29, 1.82) is 0 Å².